The van der Waals surface area contributed by atoms with E-state index < -0.39 is 0 Å². The van der Waals surface area contributed by atoms with E-state index in [9.17, 15) is 9.90 Å². The smallest absolute Gasteiger partial charge is 0.200 e. The fourth-order valence-electron chi connectivity index (χ4n) is 3.99. The lowest BCUT2D eigenvalue weighted by Crippen LogP contribution is -2.29. The van der Waals surface area contributed by atoms with Crippen LogP contribution in [-0.2, 0) is 6.54 Å². The van der Waals surface area contributed by atoms with E-state index in [0.29, 0.717) is 40.1 Å². The number of hydrogen-bond donors (Lipinski definition) is 1. The van der Waals surface area contributed by atoms with E-state index in [-0.39, 0.29) is 11.5 Å². The third-order valence-corrected chi connectivity index (χ3v) is 5.55. The van der Waals surface area contributed by atoms with Crippen molar-refractivity contribution in [3.63, 3.8) is 0 Å². The fraction of sp³-hybridized carbons (Fsp3) is 0.348. The molecule has 0 radical (unpaired) electrons. The first kappa shape index (κ1) is 19.3. The van der Waals surface area contributed by atoms with E-state index in [1.165, 1.54) is 19.8 Å². The molecule has 2 heterocycles. The summed E-state index contributed by atoms with van der Waals surface area (Å²) in [6.45, 7) is 2.56. The highest BCUT2D eigenvalue weighted by atomic mass is 16.5. The Labute approximate surface area is 169 Å². The molecule has 0 amide bonds. The zero-order valence-corrected chi connectivity index (χ0v) is 16.7. The SMILES string of the molecule is COc1ccc(OC)c(C(=O)c2coc3ccc(O)c(CN4CCCCC4)c23)c1. The van der Waals surface area contributed by atoms with Gasteiger partial charge in [-0.1, -0.05) is 6.42 Å². The molecule has 0 aliphatic carbocycles. The maximum atomic E-state index is 13.4. The molecule has 1 aromatic heterocycles. The Bertz CT molecular complexity index is 1030. The van der Waals surface area contributed by atoms with Crippen LogP contribution in [0.1, 0.15) is 40.7 Å². The largest absolute Gasteiger partial charge is 0.508 e. The molecule has 29 heavy (non-hydrogen) atoms. The molecule has 3 aromatic rings. The minimum absolute atomic E-state index is 0.177. The summed E-state index contributed by atoms with van der Waals surface area (Å²) in [6.07, 6.45) is 4.99. The maximum Gasteiger partial charge on any atom is 0.200 e. The number of hydrogen-bond acceptors (Lipinski definition) is 6. The van der Waals surface area contributed by atoms with Gasteiger partial charge in [-0.2, -0.15) is 0 Å². The molecule has 1 N–H and O–H groups in total. The Morgan fingerprint density at radius 1 is 1.07 bits per heavy atom. The molecule has 0 saturated carbocycles. The van der Waals surface area contributed by atoms with Gasteiger partial charge in [0.2, 0.25) is 5.78 Å². The molecule has 6 heteroatoms. The third-order valence-electron chi connectivity index (χ3n) is 5.55. The highest BCUT2D eigenvalue weighted by molar-refractivity contribution is 6.18. The van der Waals surface area contributed by atoms with E-state index in [4.69, 9.17) is 13.9 Å². The summed E-state index contributed by atoms with van der Waals surface area (Å²) < 4.78 is 16.3. The maximum absolute atomic E-state index is 13.4. The molecular formula is C23H25NO5. The summed E-state index contributed by atoms with van der Waals surface area (Å²) in [5.74, 6) is 0.974. The third kappa shape index (κ3) is 3.68. The molecular weight excluding hydrogens is 370 g/mol. The number of furan rings is 1. The average Bonchev–Trinajstić information content (AvgIpc) is 3.20. The molecule has 0 bridgehead atoms. The van der Waals surface area contributed by atoms with Crippen molar-refractivity contribution in [2.75, 3.05) is 27.3 Å². The van der Waals surface area contributed by atoms with Gasteiger partial charge in [0, 0.05) is 17.5 Å². The van der Waals surface area contributed by atoms with Crippen LogP contribution in [-0.4, -0.2) is 43.1 Å². The lowest BCUT2D eigenvalue weighted by molar-refractivity contribution is 0.103. The van der Waals surface area contributed by atoms with Crippen molar-refractivity contribution in [2.24, 2.45) is 0 Å². The molecule has 0 spiro atoms. The number of phenolic OH excluding ortho intramolecular Hbond substituents is 1. The molecule has 4 rings (SSSR count). The zero-order chi connectivity index (χ0) is 20.4. The van der Waals surface area contributed by atoms with Gasteiger partial charge < -0.3 is 19.0 Å². The van der Waals surface area contributed by atoms with Crippen LogP contribution in [0.2, 0.25) is 0 Å². The number of phenols is 1. The summed E-state index contributed by atoms with van der Waals surface area (Å²) in [4.78, 5) is 15.7. The first-order valence-electron chi connectivity index (χ1n) is 9.83. The van der Waals surface area contributed by atoms with Gasteiger partial charge in [0.25, 0.3) is 0 Å². The average molecular weight is 395 g/mol. The van der Waals surface area contributed by atoms with E-state index in [0.717, 1.165) is 31.5 Å². The van der Waals surface area contributed by atoms with E-state index >= 15 is 0 Å². The topological polar surface area (TPSA) is 72.1 Å². The van der Waals surface area contributed by atoms with Crippen LogP contribution in [0.4, 0.5) is 0 Å². The number of nitrogens with zero attached hydrogens (tertiary/aromatic N) is 1. The number of fused-ring (bicyclic) bond motifs is 1. The molecule has 0 atom stereocenters. The van der Waals surface area contributed by atoms with Gasteiger partial charge in [0.15, 0.2) is 0 Å². The highest BCUT2D eigenvalue weighted by Crippen LogP contribution is 2.35. The second-order valence-corrected chi connectivity index (χ2v) is 7.32. The summed E-state index contributed by atoms with van der Waals surface area (Å²) in [5, 5.41) is 11.3. The molecule has 1 aliphatic heterocycles. The molecule has 2 aromatic carbocycles. The predicted molar refractivity (Wildman–Crippen MR) is 110 cm³/mol. The number of methoxy groups -OCH3 is 2. The van der Waals surface area contributed by atoms with Crippen LogP contribution in [0.15, 0.2) is 41.0 Å². The number of benzene rings is 2. The van der Waals surface area contributed by atoms with Crippen LogP contribution in [0.5, 0.6) is 17.2 Å². The summed E-state index contributed by atoms with van der Waals surface area (Å²) in [6, 6.07) is 8.44. The van der Waals surface area contributed by atoms with Crippen molar-refractivity contribution in [1.29, 1.82) is 0 Å². The van der Waals surface area contributed by atoms with Gasteiger partial charge in [0.1, 0.15) is 29.1 Å². The second kappa shape index (κ2) is 8.17. The molecule has 6 nitrogen and oxygen atoms in total. The molecule has 152 valence electrons. The lowest BCUT2D eigenvalue weighted by atomic mass is 9.97. The number of carbonyl (C=O) groups excluding carboxylic acids is 1. The Hall–Kier alpha value is -2.99. The number of ether oxygens (including phenoxy) is 2. The lowest BCUT2D eigenvalue weighted by Gasteiger charge is -2.27. The molecule has 0 unspecified atom stereocenters. The van der Waals surface area contributed by atoms with Gasteiger partial charge in [-0.15, -0.1) is 0 Å². The second-order valence-electron chi connectivity index (χ2n) is 7.32. The van der Waals surface area contributed by atoms with Crippen molar-refractivity contribution >= 4 is 16.8 Å². The van der Waals surface area contributed by atoms with Gasteiger partial charge >= 0.3 is 0 Å². The highest BCUT2D eigenvalue weighted by Gasteiger charge is 2.24. The van der Waals surface area contributed by atoms with Crippen LogP contribution < -0.4 is 9.47 Å². The number of piperidine rings is 1. The summed E-state index contributed by atoms with van der Waals surface area (Å²) in [7, 11) is 3.08. The van der Waals surface area contributed by atoms with Crippen molar-refractivity contribution < 1.29 is 23.8 Å². The van der Waals surface area contributed by atoms with Crippen LogP contribution in [0.3, 0.4) is 0 Å². The summed E-state index contributed by atoms with van der Waals surface area (Å²) in [5.41, 5.74) is 2.11. The Morgan fingerprint density at radius 3 is 2.59 bits per heavy atom. The van der Waals surface area contributed by atoms with Gasteiger partial charge in [-0.05, 0) is 56.3 Å². The van der Waals surface area contributed by atoms with Crippen LogP contribution in [0.25, 0.3) is 11.0 Å². The molecule has 1 aliphatic rings. The van der Waals surface area contributed by atoms with E-state index in [1.807, 2.05) is 0 Å². The monoisotopic (exact) mass is 395 g/mol. The van der Waals surface area contributed by atoms with Gasteiger partial charge in [-0.25, -0.2) is 0 Å². The molecule has 1 fully saturated rings. The van der Waals surface area contributed by atoms with E-state index in [1.54, 1.807) is 37.4 Å². The number of rotatable bonds is 6. The minimum atomic E-state index is -0.231. The fourth-order valence-corrected chi connectivity index (χ4v) is 3.99. The van der Waals surface area contributed by atoms with Gasteiger partial charge in [-0.3, -0.25) is 9.69 Å². The number of likely N-dealkylation sites (tertiary alicyclic amines) is 1. The Morgan fingerprint density at radius 2 is 1.86 bits per heavy atom. The first-order chi connectivity index (χ1) is 14.1. The van der Waals surface area contributed by atoms with Gasteiger partial charge in [0.05, 0.1) is 25.3 Å². The minimum Gasteiger partial charge on any atom is -0.508 e. The predicted octanol–water partition coefficient (Wildman–Crippen LogP) is 4.37. The number of aromatic hydroxyl groups is 1. The van der Waals surface area contributed by atoms with Crippen molar-refractivity contribution in [2.45, 2.75) is 25.8 Å². The Balaban J connectivity index is 1.80. The van der Waals surface area contributed by atoms with Crippen LogP contribution in [0, 0.1) is 0 Å². The van der Waals surface area contributed by atoms with Crippen molar-refractivity contribution in [3.8, 4) is 17.2 Å². The number of ketones is 1. The van der Waals surface area contributed by atoms with Crippen molar-refractivity contribution in [1.82, 2.24) is 4.90 Å². The van der Waals surface area contributed by atoms with Crippen molar-refractivity contribution in [3.05, 3.63) is 53.3 Å². The standard InChI is InChI=1S/C23H25NO5/c1-27-15-6-8-20(28-2)16(12-15)23(26)18-14-29-21-9-7-19(25)17(22(18)21)13-24-10-4-3-5-11-24/h6-9,12,14,25H,3-5,10-11,13H2,1-2H3. The quantitative estimate of drug-likeness (QED) is 0.625. The molecule has 1 saturated heterocycles. The van der Waals surface area contributed by atoms with E-state index in [2.05, 4.69) is 4.90 Å². The Kier molecular flexibility index (Phi) is 5.45. The summed E-state index contributed by atoms with van der Waals surface area (Å²) >= 11 is 0. The van der Waals surface area contributed by atoms with Crippen LogP contribution >= 0.6 is 0 Å². The number of carbonyl (C=O) groups is 1. The zero-order valence-electron chi connectivity index (χ0n) is 16.7. The first-order valence-corrected chi connectivity index (χ1v) is 9.83. The normalized spacial score (nSPS) is 14.8.